The summed E-state index contributed by atoms with van der Waals surface area (Å²) in [5, 5.41) is 0. The monoisotopic (exact) mass is 321 g/mol. The highest BCUT2D eigenvalue weighted by Crippen LogP contribution is 2.33. The van der Waals surface area contributed by atoms with Gasteiger partial charge in [0.1, 0.15) is 11.3 Å². The van der Waals surface area contributed by atoms with Crippen molar-refractivity contribution in [2.75, 3.05) is 5.43 Å². The van der Waals surface area contributed by atoms with Gasteiger partial charge >= 0.3 is 0 Å². The molecule has 0 aromatic carbocycles. The Morgan fingerprint density at radius 1 is 1.04 bits per heavy atom. The van der Waals surface area contributed by atoms with E-state index in [0.717, 1.165) is 5.56 Å². The van der Waals surface area contributed by atoms with E-state index in [0.29, 0.717) is 33.9 Å². The minimum absolute atomic E-state index is 0.377. The Morgan fingerprint density at radius 3 is 2.67 bits per heavy atom. The number of hydrazine groups is 1. The Bertz CT molecular complexity index is 1010. The van der Waals surface area contributed by atoms with Gasteiger partial charge in [0.25, 0.3) is 0 Å². The lowest BCUT2D eigenvalue weighted by atomic mass is 10.0. The van der Waals surface area contributed by atoms with Crippen molar-refractivity contribution < 1.29 is 4.39 Å². The highest BCUT2D eigenvalue weighted by atomic mass is 19.1. The first-order chi connectivity index (χ1) is 11.8. The molecule has 7 nitrogen and oxygen atoms in total. The maximum absolute atomic E-state index is 14.3. The van der Waals surface area contributed by atoms with Crippen LogP contribution in [0, 0.1) is 5.82 Å². The van der Waals surface area contributed by atoms with Crippen molar-refractivity contribution in [2.24, 2.45) is 5.84 Å². The lowest BCUT2D eigenvalue weighted by molar-refractivity contribution is 0.625. The highest BCUT2D eigenvalue weighted by molar-refractivity contribution is 5.89. The van der Waals surface area contributed by atoms with Crippen molar-refractivity contribution in [3.8, 4) is 22.4 Å². The van der Waals surface area contributed by atoms with E-state index >= 15 is 0 Å². The predicted octanol–water partition coefficient (Wildman–Crippen LogP) is 2.51. The molecule has 0 saturated heterocycles. The summed E-state index contributed by atoms with van der Waals surface area (Å²) in [7, 11) is 0. The lowest BCUT2D eigenvalue weighted by Crippen LogP contribution is -2.07. The van der Waals surface area contributed by atoms with Gasteiger partial charge in [-0.05, 0) is 24.3 Å². The molecule has 0 amide bonds. The number of nitrogens with zero attached hydrogens (tertiary/aromatic N) is 4. The molecular formula is C16H12FN7. The average molecular weight is 321 g/mol. The minimum atomic E-state index is -0.434. The zero-order valence-electron chi connectivity index (χ0n) is 12.4. The number of rotatable bonds is 3. The van der Waals surface area contributed by atoms with E-state index in [9.17, 15) is 4.39 Å². The van der Waals surface area contributed by atoms with Gasteiger partial charge in [0.2, 0.25) is 5.95 Å². The second-order valence-corrected chi connectivity index (χ2v) is 5.08. The number of hydrogen-bond acceptors (Lipinski definition) is 6. The molecule has 0 aliphatic carbocycles. The standard InChI is InChI=1S/C16H12FN7/c17-12-8-20-5-3-10(12)11-6-13-15(23-16(21-13)24-18)22-14(11)9-2-1-4-19-7-9/h1-8H,18H2,(H2,21,22,23,24). The number of anilines is 1. The molecular weight excluding hydrogens is 309 g/mol. The van der Waals surface area contributed by atoms with E-state index in [1.54, 1.807) is 30.6 Å². The van der Waals surface area contributed by atoms with Crippen LogP contribution in [-0.2, 0) is 0 Å². The van der Waals surface area contributed by atoms with Crippen LogP contribution in [0.4, 0.5) is 10.3 Å². The van der Waals surface area contributed by atoms with Crippen molar-refractivity contribution in [2.45, 2.75) is 0 Å². The van der Waals surface area contributed by atoms with Crippen LogP contribution in [-0.4, -0.2) is 24.9 Å². The van der Waals surface area contributed by atoms with Crippen LogP contribution in [0.3, 0.4) is 0 Å². The highest BCUT2D eigenvalue weighted by Gasteiger charge is 2.16. The zero-order chi connectivity index (χ0) is 16.5. The van der Waals surface area contributed by atoms with Crippen LogP contribution in [0.25, 0.3) is 33.5 Å². The second-order valence-electron chi connectivity index (χ2n) is 5.08. The molecule has 4 rings (SSSR count). The summed E-state index contributed by atoms with van der Waals surface area (Å²) < 4.78 is 14.3. The van der Waals surface area contributed by atoms with Gasteiger partial charge in [-0.2, -0.15) is 0 Å². The SMILES string of the molecule is NNc1nc2cc(-c3ccncc3F)c(-c3cccnc3)nc2[nH]1. The fraction of sp³-hybridized carbons (Fsp3) is 0. The molecule has 0 saturated carbocycles. The van der Waals surface area contributed by atoms with E-state index < -0.39 is 5.82 Å². The van der Waals surface area contributed by atoms with Crippen LogP contribution in [0.2, 0.25) is 0 Å². The van der Waals surface area contributed by atoms with Crippen molar-refractivity contribution in [3.63, 3.8) is 0 Å². The lowest BCUT2D eigenvalue weighted by Gasteiger charge is -2.09. The summed E-state index contributed by atoms with van der Waals surface area (Å²) in [6.45, 7) is 0. The molecule has 24 heavy (non-hydrogen) atoms. The smallest absolute Gasteiger partial charge is 0.216 e. The Labute approximate surface area is 135 Å². The number of hydrogen-bond donors (Lipinski definition) is 3. The molecule has 0 spiro atoms. The fourth-order valence-electron chi connectivity index (χ4n) is 2.53. The molecule has 0 unspecified atom stereocenters. The first kappa shape index (κ1) is 14.2. The summed E-state index contributed by atoms with van der Waals surface area (Å²) in [6.07, 6.45) is 6.05. The second kappa shape index (κ2) is 5.67. The summed E-state index contributed by atoms with van der Waals surface area (Å²) in [4.78, 5) is 19.7. The molecule has 0 fully saturated rings. The Balaban J connectivity index is 2.04. The molecule has 0 aliphatic heterocycles. The van der Waals surface area contributed by atoms with Crippen molar-refractivity contribution in [1.82, 2.24) is 24.9 Å². The topological polar surface area (TPSA) is 105 Å². The maximum Gasteiger partial charge on any atom is 0.216 e. The number of halogens is 1. The van der Waals surface area contributed by atoms with Gasteiger partial charge in [-0.1, -0.05) is 0 Å². The van der Waals surface area contributed by atoms with Gasteiger partial charge in [-0.15, -0.1) is 0 Å². The fourth-order valence-corrected chi connectivity index (χ4v) is 2.53. The number of nitrogens with two attached hydrogens (primary N) is 1. The molecule has 0 bridgehead atoms. The molecule has 8 heteroatoms. The third kappa shape index (κ3) is 2.34. The largest absolute Gasteiger partial charge is 0.308 e. The van der Waals surface area contributed by atoms with Gasteiger partial charge in [0.05, 0.1) is 11.9 Å². The van der Waals surface area contributed by atoms with E-state index in [-0.39, 0.29) is 0 Å². The number of fused-ring (bicyclic) bond motifs is 1. The number of imidazole rings is 1. The van der Waals surface area contributed by atoms with Crippen molar-refractivity contribution >= 4 is 17.1 Å². The van der Waals surface area contributed by atoms with Gasteiger partial charge in [-0.3, -0.25) is 15.4 Å². The zero-order valence-corrected chi connectivity index (χ0v) is 12.4. The summed E-state index contributed by atoms with van der Waals surface area (Å²) in [5.74, 6) is 5.33. The quantitative estimate of drug-likeness (QED) is 0.395. The molecule has 4 N–H and O–H groups in total. The van der Waals surface area contributed by atoms with Gasteiger partial charge in [-0.25, -0.2) is 20.2 Å². The minimum Gasteiger partial charge on any atom is -0.308 e. The number of aromatic nitrogens is 5. The van der Waals surface area contributed by atoms with E-state index in [1.807, 2.05) is 6.07 Å². The molecule has 4 aromatic heterocycles. The van der Waals surface area contributed by atoms with Crippen LogP contribution in [0.1, 0.15) is 0 Å². The van der Waals surface area contributed by atoms with Gasteiger partial charge in [0, 0.05) is 35.3 Å². The van der Waals surface area contributed by atoms with Crippen LogP contribution in [0.15, 0.2) is 49.1 Å². The van der Waals surface area contributed by atoms with Crippen molar-refractivity contribution in [1.29, 1.82) is 0 Å². The van der Waals surface area contributed by atoms with Gasteiger partial charge < -0.3 is 4.98 Å². The first-order valence-corrected chi connectivity index (χ1v) is 7.14. The third-order valence-corrected chi connectivity index (χ3v) is 3.61. The summed E-state index contributed by atoms with van der Waals surface area (Å²) in [6, 6.07) is 7.03. The Hall–Kier alpha value is -3.39. The van der Waals surface area contributed by atoms with E-state index in [4.69, 9.17) is 5.84 Å². The number of nitrogens with one attached hydrogen (secondary N) is 2. The number of nitrogen functional groups attached to an aromatic ring is 1. The summed E-state index contributed by atoms with van der Waals surface area (Å²) in [5.41, 5.74) is 5.91. The average Bonchev–Trinajstić information content (AvgIpc) is 3.04. The van der Waals surface area contributed by atoms with Crippen LogP contribution >= 0.6 is 0 Å². The van der Waals surface area contributed by atoms with Crippen LogP contribution in [0.5, 0.6) is 0 Å². The van der Waals surface area contributed by atoms with E-state index in [1.165, 1.54) is 12.4 Å². The van der Waals surface area contributed by atoms with E-state index in [2.05, 4.69) is 30.3 Å². The normalized spacial score (nSPS) is 10.9. The molecule has 0 radical (unpaired) electrons. The first-order valence-electron chi connectivity index (χ1n) is 7.14. The molecule has 0 atom stereocenters. The van der Waals surface area contributed by atoms with Crippen molar-refractivity contribution in [3.05, 3.63) is 54.9 Å². The number of pyridine rings is 3. The molecule has 0 aliphatic rings. The molecule has 4 aromatic rings. The third-order valence-electron chi connectivity index (χ3n) is 3.61. The molecule has 118 valence electrons. The maximum atomic E-state index is 14.3. The summed E-state index contributed by atoms with van der Waals surface area (Å²) >= 11 is 0. The number of aromatic amines is 1. The molecule has 4 heterocycles. The number of H-pyrrole nitrogens is 1. The predicted molar refractivity (Wildman–Crippen MR) is 88.1 cm³/mol. The Morgan fingerprint density at radius 2 is 1.92 bits per heavy atom. The Kier molecular flexibility index (Phi) is 3.36. The van der Waals surface area contributed by atoms with Gasteiger partial charge in [0.15, 0.2) is 5.65 Å². The van der Waals surface area contributed by atoms with Crippen LogP contribution < -0.4 is 11.3 Å².